The lowest BCUT2D eigenvalue weighted by Crippen LogP contribution is -2.53. The van der Waals surface area contributed by atoms with Gasteiger partial charge in [-0.2, -0.15) is 5.10 Å². The molecule has 0 bridgehead atoms. The normalized spacial score (nSPS) is 19.3. The summed E-state index contributed by atoms with van der Waals surface area (Å²) >= 11 is 0. The number of halogens is 1. The van der Waals surface area contributed by atoms with Crippen molar-refractivity contribution in [1.29, 1.82) is 0 Å². The number of fused-ring (bicyclic) bond motifs is 3. The van der Waals surface area contributed by atoms with Crippen LogP contribution in [-0.2, 0) is 18.0 Å². The Morgan fingerprint density at radius 2 is 1.97 bits per heavy atom. The van der Waals surface area contributed by atoms with Crippen molar-refractivity contribution in [3.05, 3.63) is 69.4 Å². The van der Waals surface area contributed by atoms with Gasteiger partial charge >= 0.3 is 0 Å². The van der Waals surface area contributed by atoms with E-state index in [1.54, 1.807) is 18.5 Å². The number of rotatable bonds is 5. The molecular formula is C29H33FN6O3. The van der Waals surface area contributed by atoms with Crippen molar-refractivity contribution in [2.24, 2.45) is 0 Å². The zero-order valence-corrected chi connectivity index (χ0v) is 22.3. The summed E-state index contributed by atoms with van der Waals surface area (Å²) in [7, 11) is 0. The summed E-state index contributed by atoms with van der Waals surface area (Å²) in [5.74, 6) is -0.00801. The number of piperazine rings is 1. The third kappa shape index (κ3) is 4.83. The third-order valence-corrected chi connectivity index (χ3v) is 8.14. The van der Waals surface area contributed by atoms with Crippen molar-refractivity contribution < 1.29 is 13.9 Å². The average Bonchev–Trinajstić information content (AvgIpc) is 3.41. The summed E-state index contributed by atoms with van der Waals surface area (Å²) in [6, 6.07) is 7.78. The minimum Gasteiger partial charge on any atom is -0.381 e. The molecule has 3 aromatic heterocycles. The Balaban J connectivity index is 1.27. The molecule has 0 aliphatic carbocycles. The molecule has 1 atom stereocenters. The average molecular weight is 533 g/mol. The van der Waals surface area contributed by atoms with Crippen LogP contribution in [0.2, 0.25) is 0 Å². The van der Waals surface area contributed by atoms with Crippen LogP contribution < -0.4 is 5.56 Å². The third-order valence-electron chi connectivity index (χ3n) is 8.14. The number of nitrogens with one attached hydrogen (secondary N) is 1. The van der Waals surface area contributed by atoms with Gasteiger partial charge in [0.2, 0.25) is 0 Å². The lowest BCUT2D eigenvalue weighted by Gasteiger charge is -2.40. The van der Waals surface area contributed by atoms with Crippen LogP contribution in [0, 0.1) is 6.92 Å². The Kier molecular flexibility index (Phi) is 6.90. The first kappa shape index (κ1) is 25.6. The molecule has 39 heavy (non-hydrogen) atoms. The molecule has 2 saturated heterocycles. The number of hydrogen-bond donors (Lipinski definition) is 1. The van der Waals surface area contributed by atoms with Gasteiger partial charge in [-0.1, -0.05) is 6.07 Å². The Hall–Kier alpha value is -3.63. The number of ether oxygens (including phenoxy) is 1. The molecule has 1 amide bonds. The molecule has 1 N–H and O–H groups in total. The van der Waals surface area contributed by atoms with E-state index in [-0.39, 0.29) is 23.6 Å². The van der Waals surface area contributed by atoms with Gasteiger partial charge in [-0.3, -0.25) is 24.2 Å². The summed E-state index contributed by atoms with van der Waals surface area (Å²) in [4.78, 5) is 38.1. The molecule has 5 heterocycles. The number of hydrogen-bond acceptors (Lipinski definition) is 6. The van der Waals surface area contributed by atoms with E-state index in [1.165, 1.54) is 0 Å². The SMILES string of the molecule is Cc1cc2[nH]c(=O)c3cnn(C4CCOCC4)c3c2cc1C(=O)N1CCN(Cc2ccc(CF)nc2)[C@@H](C)C1. The molecular weight excluding hydrogens is 499 g/mol. The number of aromatic amines is 1. The first-order chi connectivity index (χ1) is 18.9. The number of nitrogens with zero attached hydrogens (tertiary/aromatic N) is 5. The van der Waals surface area contributed by atoms with Crippen molar-refractivity contribution in [3.8, 4) is 0 Å². The largest absolute Gasteiger partial charge is 0.381 e. The molecule has 204 valence electrons. The van der Waals surface area contributed by atoms with Gasteiger partial charge in [-0.15, -0.1) is 0 Å². The molecule has 0 unspecified atom stereocenters. The fourth-order valence-corrected chi connectivity index (χ4v) is 5.88. The summed E-state index contributed by atoms with van der Waals surface area (Å²) in [5.41, 5.74) is 4.25. The van der Waals surface area contributed by atoms with Gasteiger partial charge in [0.15, 0.2) is 0 Å². The molecule has 2 aliphatic rings. The highest BCUT2D eigenvalue weighted by atomic mass is 19.1. The number of alkyl halides is 1. The van der Waals surface area contributed by atoms with Crippen molar-refractivity contribution in [2.75, 3.05) is 32.8 Å². The first-order valence-corrected chi connectivity index (χ1v) is 13.6. The van der Waals surface area contributed by atoms with E-state index in [2.05, 4.69) is 26.9 Å². The van der Waals surface area contributed by atoms with E-state index in [4.69, 9.17) is 4.74 Å². The predicted octanol–water partition coefficient (Wildman–Crippen LogP) is 3.75. The zero-order chi connectivity index (χ0) is 27.1. The molecule has 1 aromatic carbocycles. The highest BCUT2D eigenvalue weighted by Gasteiger charge is 2.29. The number of carbonyl (C=O) groups excluding carboxylic acids is 1. The summed E-state index contributed by atoms with van der Waals surface area (Å²) in [5, 5.41) is 5.96. The lowest BCUT2D eigenvalue weighted by molar-refractivity contribution is 0.0494. The Labute approximate surface area is 225 Å². The Bertz CT molecular complexity index is 1570. The zero-order valence-electron chi connectivity index (χ0n) is 22.3. The Morgan fingerprint density at radius 3 is 2.69 bits per heavy atom. The van der Waals surface area contributed by atoms with E-state index in [0.717, 1.165) is 41.4 Å². The molecule has 4 aromatic rings. The smallest absolute Gasteiger partial charge is 0.259 e. The van der Waals surface area contributed by atoms with E-state index >= 15 is 0 Å². The van der Waals surface area contributed by atoms with Crippen LogP contribution in [0.3, 0.4) is 0 Å². The van der Waals surface area contributed by atoms with Gasteiger partial charge in [0.1, 0.15) is 6.67 Å². The monoisotopic (exact) mass is 532 g/mol. The number of aryl methyl sites for hydroxylation is 1. The maximum absolute atomic E-state index is 13.8. The van der Waals surface area contributed by atoms with Crippen LogP contribution in [0.1, 0.15) is 53.0 Å². The standard InChI is InChI=1S/C29H33FN6O3/c1-18-11-26-24(27-25(28(37)33-26)15-32-36(27)22-5-9-39-10-6-22)12-23(18)29(38)35-8-7-34(19(2)16-35)17-20-3-4-21(13-30)31-14-20/h3-4,11-12,14-15,19,22H,5-10,13,16-17H2,1-2H3,(H,33,37)/t19-/m0/s1. The van der Waals surface area contributed by atoms with Gasteiger partial charge in [-0.25, -0.2) is 4.39 Å². The number of carbonyl (C=O) groups is 1. The van der Waals surface area contributed by atoms with Gasteiger partial charge in [-0.05, 0) is 56.0 Å². The minimum atomic E-state index is -0.564. The number of H-pyrrole nitrogens is 1. The second-order valence-corrected chi connectivity index (χ2v) is 10.7. The summed E-state index contributed by atoms with van der Waals surface area (Å²) < 4.78 is 20.3. The van der Waals surface area contributed by atoms with Crippen LogP contribution >= 0.6 is 0 Å². The molecule has 0 radical (unpaired) electrons. The van der Waals surface area contributed by atoms with Crippen molar-refractivity contribution >= 4 is 27.7 Å². The van der Waals surface area contributed by atoms with Crippen molar-refractivity contribution in [2.45, 2.75) is 52.0 Å². The van der Waals surface area contributed by atoms with Crippen LogP contribution in [0.15, 0.2) is 41.5 Å². The fourth-order valence-electron chi connectivity index (χ4n) is 5.88. The highest BCUT2D eigenvalue weighted by Crippen LogP contribution is 2.30. The van der Waals surface area contributed by atoms with Crippen LogP contribution in [0.5, 0.6) is 0 Å². The molecule has 6 rings (SSSR count). The maximum Gasteiger partial charge on any atom is 0.259 e. The summed E-state index contributed by atoms with van der Waals surface area (Å²) in [6.45, 7) is 7.46. The number of benzene rings is 1. The van der Waals surface area contributed by atoms with Crippen molar-refractivity contribution in [3.63, 3.8) is 0 Å². The van der Waals surface area contributed by atoms with E-state index in [1.807, 2.05) is 34.7 Å². The second kappa shape index (κ2) is 10.5. The molecule has 2 aliphatic heterocycles. The van der Waals surface area contributed by atoms with E-state index in [0.29, 0.717) is 55.0 Å². The molecule has 0 saturated carbocycles. The van der Waals surface area contributed by atoms with Crippen LogP contribution in [0.4, 0.5) is 4.39 Å². The van der Waals surface area contributed by atoms with Crippen molar-refractivity contribution in [1.82, 2.24) is 29.5 Å². The van der Waals surface area contributed by atoms with Crippen LogP contribution in [0.25, 0.3) is 21.8 Å². The lowest BCUT2D eigenvalue weighted by atomic mass is 10.0. The topological polar surface area (TPSA) is 96.3 Å². The first-order valence-electron chi connectivity index (χ1n) is 13.6. The van der Waals surface area contributed by atoms with Gasteiger partial charge < -0.3 is 14.6 Å². The summed E-state index contributed by atoms with van der Waals surface area (Å²) in [6.07, 6.45) is 5.03. The Morgan fingerprint density at radius 1 is 1.15 bits per heavy atom. The molecule has 10 heteroatoms. The minimum absolute atomic E-state index is 0.00801. The highest BCUT2D eigenvalue weighted by molar-refractivity contribution is 6.07. The number of pyridine rings is 2. The van der Waals surface area contributed by atoms with Gasteiger partial charge in [0.05, 0.1) is 34.4 Å². The van der Waals surface area contributed by atoms with E-state index < -0.39 is 6.67 Å². The molecule has 9 nitrogen and oxygen atoms in total. The predicted molar refractivity (Wildman–Crippen MR) is 147 cm³/mol. The second-order valence-electron chi connectivity index (χ2n) is 10.7. The van der Waals surface area contributed by atoms with E-state index in [9.17, 15) is 14.0 Å². The molecule has 2 fully saturated rings. The fraction of sp³-hybridized carbons (Fsp3) is 0.448. The van der Waals surface area contributed by atoms with Gasteiger partial charge in [0.25, 0.3) is 11.5 Å². The number of amides is 1. The van der Waals surface area contributed by atoms with Gasteiger partial charge in [0, 0.05) is 62.6 Å². The maximum atomic E-state index is 13.8. The molecule has 0 spiro atoms. The quantitative estimate of drug-likeness (QED) is 0.421. The van der Waals surface area contributed by atoms with Crippen LogP contribution in [-0.4, -0.2) is 74.3 Å². The number of aromatic nitrogens is 4.